The van der Waals surface area contributed by atoms with Crippen molar-refractivity contribution >= 4 is 0 Å². The molecule has 0 aromatic rings. The van der Waals surface area contributed by atoms with Gasteiger partial charge in [-0.3, -0.25) is 0 Å². The molecule has 0 radical (unpaired) electrons. The molecule has 0 aromatic carbocycles. The lowest BCUT2D eigenvalue weighted by atomic mass is 10.4. The molecular formula is C15H30. The minimum absolute atomic E-state index is 0.997. The number of hydrogen-bond donors (Lipinski definition) is 0. The zero-order valence-electron chi connectivity index (χ0n) is 11.6. The van der Waals surface area contributed by atoms with E-state index < -0.39 is 0 Å². The zero-order chi connectivity index (χ0) is 12.9. The van der Waals surface area contributed by atoms with Crippen LogP contribution in [0.5, 0.6) is 0 Å². The van der Waals surface area contributed by atoms with Gasteiger partial charge >= 0.3 is 0 Å². The third-order valence-corrected chi connectivity index (χ3v) is 0.867. The highest BCUT2D eigenvalue weighted by atomic mass is 13.6. The van der Waals surface area contributed by atoms with E-state index in [2.05, 4.69) is 19.2 Å². The van der Waals surface area contributed by atoms with Crippen molar-refractivity contribution in [2.75, 3.05) is 0 Å². The first-order valence-corrected chi connectivity index (χ1v) is 5.79. The molecule has 0 saturated heterocycles. The summed E-state index contributed by atoms with van der Waals surface area (Å²) in [4.78, 5) is 0. The Morgan fingerprint density at radius 1 is 0.867 bits per heavy atom. The topological polar surface area (TPSA) is 0 Å². The lowest BCUT2D eigenvalue weighted by molar-refractivity contribution is 1.39. The van der Waals surface area contributed by atoms with Crippen LogP contribution < -0.4 is 0 Å². The van der Waals surface area contributed by atoms with Crippen LogP contribution in [0.2, 0.25) is 0 Å². The molecule has 0 N–H and O–H groups in total. The van der Waals surface area contributed by atoms with Gasteiger partial charge in [-0.1, -0.05) is 70.7 Å². The third-order valence-electron chi connectivity index (χ3n) is 0.867. The summed E-state index contributed by atoms with van der Waals surface area (Å²) in [7, 11) is 0. The predicted molar refractivity (Wildman–Crippen MR) is 77.3 cm³/mol. The first kappa shape index (κ1) is 23.6. The highest BCUT2D eigenvalue weighted by Crippen LogP contribution is 1.79. The van der Waals surface area contributed by atoms with Crippen molar-refractivity contribution in [1.82, 2.24) is 0 Å². The molecule has 0 amide bonds. The maximum Gasteiger partial charge on any atom is -0.0172 e. The van der Waals surface area contributed by atoms with E-state index in [1.54, 1.807) is 6.08 Å². The van der Waals surface area contributed by atoms with Crippen molar-refractivity contribution in [3.63, 3.8) is 0 Å². The van der Waals surface area contributed by atoms with Crippen LogP contribution in [0, 0.1) is 0 Å². The van der Waals surface area contributed by atoms with Gasteiger partial charge in [0.2, 0.25) is 0 Å². The molecule has 0 aliphatic heterocycles. The summed E-state index contributed by atoms with van der Waals surface area (Å²) < 4.78 is 0. The van der Waals surface area contributed by atoms with Crippen molar-refractivity contribution in [3.05, 3.63) is 49.6 Å². The summed E-state index contributed by atoms with van der Waals surface area (Å²) in [6.07, 6.45) is 12.5. The van der Waals surface area contributed by atoms with Gasteiger partial charge in [-0.15, -0.1) is 6.58 Å². The summed E-state index contributed by atoms with van der Waals surface area (Å²) in [5.41, 5.74) is 0. The highest BCUT2D eigenvalue weighted by molar-refractivity contribution is 4.94. The molecule has 90 valence electrons. The summed E-state index contributed by atoms with van der Waals surface area (Å²) in [6, 6.07) is 0. The van der Waals surface area contributed by atoms with Gasteiger partial charge in [-0.05, 0) is 20.3 Å². The molecule has 0 unspecified atom stereocenters. The Bertz CT molecular complexity index is 127. The monoisotopic (exact) mass is 210 g/mol. The molecule has 0 aliphatic rings. The molecule has 0 aromatic heterocycles. The van der Waals surface area contributed by atoms with Gasteiger partial charge in [-0.25, -0.2) is 0 Å². The van der Waals surface area contributed by atoms with E-state index in [1.807, 2.05) is 65.8 Å². The molecule has 0 aliphatic carbocycles. The molecule has 15 heavy (non-hydrogen) atoms. The first-order valence-electron chi connectivity index (χ1n) is 5.79. The van der Waals surface area contributed by atoms with E-state index in [1.165, 1.54) is 0 Å². The Labute approximate surface area is 98.1 Å². The molecule has 0 heterocycles. The minimum Gasteiger partial charge on any atom is -0.103 e. The summed E-state index contributed by atoms with van der Waals surface area (Å²) in [5.74, 6) is 0. The van der Waals surface area contributed by atoms with Crippen molar-refractivity contribution in [2.24, 2.45) is 0 Å². The summed E-state index contributed by atoms with van der Waals surface area (Å²) in [5, 5.41) is 0. The fourth-order valence-electron chi connectivity index (χ4n) is 0.368. The fraction of sp³-hybridized carbons (Fsp3) is 0.467. The van der Waals surface area contributed by atoms with Crippen LogP contribution in [-0.4, -0.2) is 0 Å². The van der Waals surface area contributed by atoms with Gasteiger partial charge in [0.1, 0.15) is 0 Å². The largest absolute Gasteiger partial charge is 0.103 e. The number of allylic oxidation sites excluding steroid dienone is 6. The minimum atomic E-state index is 0.997. The molecule has 0 rings (SSSR count). The number of rotatable bonds is 3. The van der Waals surface area contributed by atoms with Gasteiger partial charge in [0.15, 0.2) is 0 Å². The van der Waals surface area contributed by atoms with Gasteiger partial charge < -0.3 is 0 Å². The standard InChI is InChI=1S/C6H10.C5H8.2C2H6/c1-3-5-6-4-2;1-3-5-4-2;2*1-2/h3-4,6H,1,5H2,2H3;3-5H,1H2,2H3;2*1-2H3/b6-4-;5-4-;;. The molecule has 0 heteroatoms. The van der Waals surface area contributed by atoms with E-state index >= 15 is 0 Å². The van der Waals surface area contributed by atoms with Crippen molar-refractivity contribution in [2.45, 2.75) is 48.0 Å². The average molecular weight is 210 g/mol. The van der Waals surface area contributed by atoms with E-state index in [9.17, 15) is 0 Å². The van der Waals surface area contributed by atoms with E-state index in [-0.39, 0.29) is 0 Å². The van der Waals surface area contributed by atoms with Crippen LogP contribution in [0.15, 0.2) is 49.6 Å². The van der Waals surface area contributed by atoms with Crippen LogP contribution >= 0.6 is 0 Å². The molecule has 0 atom stereocenters. The molecule has 0 nitrogen and oxygen atoms in total. The van der Waals surface area contributed by atoms with Crippen molar-refractivity contribution in [3.8, 4) is 0 Å². The van der Waals surface area contributed by atoms with Crippen LogP contribution in [0.25, 0.3) is 0 Å². The maximum atomic E-state index is 3.55. The maximum absolute atomic E-state index is 3.55. The Morgan fingerprint density at radius 2 is 1.33 bits per heavy atom. The van der Waals surface area contributed by atoms with E-state index in [0.717, 1.165) is 6.42 Å². The third kappa shape index (κ3) is 99.3. The smallest absolute Gasteiger partial charge is 0.0172 e. The Kier molecular flexibility index (Phi) is 82.2. The Hall–Kier alpha value is -1.04. The predicted octanol–water partition coefficient (Wildman–Crippen LogP) is 5.94. The lowest BCUT2D eigenvalue weighted by Gasteiger charge is -1.69. The van der Waals surface area contributed by atoms with Gasteiger partial charge in [-0.2, -0.15) is 0 Å². The highest BCUT2D eigenvalue weighted by Gasteiger charge is 1.57. The second-order valence-electron chi connectivity index (χ2n) is 1.85. The van der Waals surface area contributed by atoms with Crippen LogP contribution in [0.1, 0.15) is 48.0 Å². The van der Waals surface area contributed by atoms with Crippen molar-refractivity contribution in [1.29, 1.82) is 0 Å². The van der Waals surface area contributed by atoms with E-state index in [4.69, 9.17) is 0 Å². The van der Waals surface area contributed by atoms with Gasteiger partial charge in [0, 0.05) is 0 Å². The summed E-state index contributed by atoms with van der Waals surface area (Å²) in [6.45, 7) is 19.0. The average Bonchev–Trinajstić information content (AvgIpc) is 2.33. The van der Waals surface area contributed by atoms with Crippen LogP contribution in [0.4, 0.5) is 0 Å². The normalized spacial score (nSPS) is 7.60. The van der Waals surface area contributed by atoms with Crippen LogP contribution in [0.3, 0.4) is 0 Å². The first-order chi connectivity index (χ1) is 7.33. The van der Waals surface area contributed by atoms with Gasteiger partial charge in [0.25, 0.3) is 0 Å². The Morgan fingerprint density at radius 3 is 1.40 bits per heavy atom. The zero-order valence-corrected chi connectivity index (χ0v) is 11.6. The second kappa shape index (κ2) is 52.2. The quantitative estimate of drug-likeness (QED) is 0.399. The van der Waals surface area contributed by atoms with Gasteiger partial charge in [0.05, 0.1) is 0 Å². The second-order valence-corrected chi connectivity index (χ2v) is 1.85. The molecule has 0 bridgehead atoms. The van der Waals surface area contributed by atoms with E-state index in [0.29, 0.717) is 0 Å². The SMILES string of the molecule is C=C/C=C\C.C=CC/C=C\C.CC.CC. The fourth-order valence-corrected chi connectivity index (χ4v) is 0.368. The molecule has 0 fully saturated rings. The van der Waals surface area contributed by atoms with Crippen LogP contribution in [-0.2, 0) is 0 Å². The molecular weight excluding hydrogens is 180 g/mol. The lowest BCUT2D eigenvalue weighted by Crippen LogP contribution is -1.48. The molecule has 0 spiro atoms. The van der Waals surface area contributed by atoms with Crippen molar-refractivity contribution < 1.29 is 0 Å². The summed E-state index contributed by atoms with van der Waals surface area (Å²) >= 11 is 0. The number of hydrogen-bond acceptors (Lipinski definition) is 0. The Balaban J connectivity index is -0.0000000610. The molecule has 0 saturated carbocycles.